The molecule has 3 nitrogen and oxygen atoms in total. The van der Waals surface area contributed by atoms with Crippen LogP contribution in [0.2, 0.25) is 5.02 Å². The van der Waals surface area contributed by atoms with Crippen molar-refractivity contribution >= 4 is 22.7 Å². The van der Waals surface area contributed by atoms with E-state index in [0.29, 0.717) is 10.9 Å². The number of aromatic nitrogens is 1. The third kappa shape index (κ3) is 3.74. The summed E-state index contributed by atoms with van der Waals surface area (Å²) in [4.78, 5) is 4.51. The number of halogens is 1. The largest absolute Gasteiger partial charge is 0.441 e. The summed E-state index contributed by atoms with van der Waals surface area (Å²) in [6.45, 7) is 7.52. The lowest BCUT2D eigenvalue weighted by Crippen LogP contribution is -2.24. The molecule has 0 aliphatic heterocycles. The minimum Gasteiger partial charge on any atom is -0.441 e. The lowest BCUT2D eigenvalue weighted by Gasteiger charge is -2.30. The van der Waals surface area contributed by atoms with Crippen molar-refractivity contribution in [2.45, 2.75) is 40.0 Å². The minimum atomic E-state index is 0.259. The molecule has 2 aromatic rings. The smallest absolute Gasteiger partial charge is 0.195 e. The van der Waals surface area contributed by atoms with Gasteiger partial charge < -0.3 is 10.2 Å². The second kappa shape index (κ2) is 6.15. The van der Waals surface area contributed by atoms with Crippen LogP contribution in [0.4, 0.5) is 0 Å². The summed E-state index contributed by atoms with van der Waals surface area (Å²) in [7, 11) is 0. The number of oxazole rings is 1. The zero-order valence-electron chi connectivity index (χ0n) is 12.4. The Morgan fingerprint density at radius 1 is 1.30 bits per heavy atom. The molecular formula is C16H23ClN2O. The highest BCUT2D eigenvalue weighted by Crippen LogP contribution is 2.32. The summed E-state index contributed by atoms with van der Waals surface area (Å²) in [5.74, 6) is 1.36. The molecule has 0 aliphatic rings. The highest BCUT2D eigenvalue weighted by molar-refractivity contribution is 6.31. The Bertz CT molecular complexity index is 571. The first-order valence-corrected chi connectivity index (χ1v) is 7.53. The van der Waals surface area contributed by atoms with E-state index in [1.54, 1.807) is 0 Å². The fourth-order valence-corrected chi connectivity index (χ4v) is 2.72. The van der Waals surface area contributed by atoms with E-state index < -0.39 is 0 Å². The van der Waals surface area contributed by atoms with Gasteiger partial charge in [-0.3, -0.25) is 0 Å². The van der Waals surface area contributed by atoms with Crippen molar-refractivity contribution in [1.29, 1.82) is 0 Å². The highest BCUT2D eigenvalue weighted by atomic mass is 35.5. The van der Waals surface area contributed by atoms with Gasteiger partial charge >= 0.3 is 0 Å². The first-order chi connectivity index (χ1) is 9.40. The standard InChI is InChI=1S/C16H23ClN2O/c1-16(2,3)11(8-9-18)4-7-15-19-13-6-5-12(17)10-14(13)20-15/h5-6,10-11H,4,7-9,18H2,1-3H3. The molecule has 0 aliphatic carbocycles. The molecule has 1 unspecified atom stereocenters. The van der Waals surface area contributed by atoms with Gasteiger partial charge in [0, 0.05) is 17.5 Å². The quantitative estimate of drug-likeness (QED) is 0.888. The van der Waals surface area contributed by atoms with Crippen LogP contribution < -0.4 is 5.73 Å². The van der Waals surface area contributed by atoms with Gasteiger partial charge in [0.15, 0.2) is 11.5 Å². The molecule has 110 valence electrons. The molecule has 1 aromatic heterocycles. The Labute approximate surface area is 125 Å². The van der Waals surface area contributed by atoms with E-state index in [-0.39, 0.29) is 5.41 Å². The lowest BCUT2D eigenvalue weighted by molar-refractivity contribution is 0.211. The second-order valence-corrected chi connectivity index (χ2v) is 6.84. The van der Waals surface area contributed by atoms with Crippen molar-refractivity contribution in [2.75, 3.05) is 6.54 Å². The van der Waals surface area contributed by atoms with Crippen LogP contribution in [0.1, 0.15) is 39.5 Å². The predicted molar refractivity (Wildman–Crippen MR) is 84.0 cm³/mol. The molecular weight excluding hydrogens is 272 g/mol. The van der Waals surface area contributed by atoms with Gasteiger partial charge in [-0.2, -0.15) is 0 Å². The van der Waals surface area contributed by atoms with E-state index in [9.17, 15) is 0 Å². The number of nitrogens with two attached hydrogens (primary N) is 1. The van der Waals surface area contributed by atoms with Gasteiger partial charge in [-0.15, -0.1) is 0 Å². The van der Waals surface area contributed by atoms with Crippen molar-refractivity contribution in [3.8, 4) is 0 Å². The van der Waals surface area contributed by atoms with E-state index in [4.69, 9.17) is 21.8 Å². The van der Waals surface area contributed by atoms with Crippen LogP contribution in [0.25, 0.3) is 11.1 Å². The van der Waals surface area contributed by atoms with Crippen LogP contribution in [0.3, 0.4) is 0 Å². The minimum absolute atomic E-state index is 0.259. The Hall–Kier alpha value is -1.06. The SMILES string of the molecule is CC(C)(C)C(CCN)CCc1nc2ccc(Cl)cc2o1. The van der Waals surface area contributed by atoms with Gasteiger partial charge in [0.05, 0.1) is 0 Å². The van der Waals surface area contributed by atoms with E-state index in [2.05, 4.69) is 25.8 Å². The molecule has 1 heterocycles. The van der Waals surface area contributed by atoms with E-state index in [1.165, 1.54) is 0 Å². The van der Waals surface area contributed by atoms with Gasteiger partial charge in [0.2, 0.25) is 0 Å². The molecule has 2 N–H and O–H groups in total. The molecule has 20 heavy (non-hydrogen) atoms. The van der Waals surface area contributed by atoms with Crippen LogP contribution in [0.5, 0.6) is 0 Å². The average Bonchev–Trinajstić information content (AvgIpc) is 2.74. The number of aryl methyl sites for hydroxylation is 1. The summed E-state index contributed by atoms with van der Waals surface area (Å²) in [6.07, 6.45) is 2.92. The molecule has 2 rings (SSSR count). The molecule has 0 saturated carbocycles. The number of benzene rings is 1. The number of hydrogen-bond donors (Lipinski definition) is 1. The highest BCUT2D eigenvalue weighted by Gasteiger charge is 2.24. The Morgan fingerprint density at radius 3 is 2.70 bits per heavy atom. The first kappa shape index (κ1) is 15.3. The monoisotopic (exact) mass is 294 g/mol. The van der Waals surface area contributed by atoms with Crippen molar-refractivity contribution in [3.63, 3.8) is 0 Å². The van der Waals surface area contributed by atoms with Crippen molar-refractivity contribution < 1.29 is 4.42 Å². The topological polar surface area (TPSA) is 52.0 Å². The van der Waals surface area contributed by atoms with Crippen LogP contribution in [0, 0.1) is 11.3 Å². The van der Waals surface area contributed by atoms with Crippen molar-refractivity contribution in [1.82, 2.24) is 4.98 Å². The van der Waals surface area contributed by atoms with Crippen LogP contribution in [-0.2, 0) is 6.42 Å². The number of fused-ring (bicyclic) bond motifs is 1. The maximum atomic E-state index is 5.95. The Balaban J connectivity index is 2.07. The van der Waals surface area contributed by atoms with Crippen molar-refractivity contribution in [2.24, 2.45) is 17.1 Å². The number of hydrogen-bond acceptors (Lipinski definition) is 3. The molecule has 0 bridgehead atoms. The maximum absolute atomic E-state index is 5.95. The third-order valence-corrected chi connectivity index (χ3v) is 4.08. The van der Waals surface area contributed by atoms with Gasteiger partial charge in [-0.05, 0) is 42.9 Å². The normalized spacial score (nSPS) is 13.8. The van der Waals surface area contributed by atoms with E-state index in [1.807, 2.05) is 18.2 Å². The average molecular weight is 295 g/mol. The van der Waals surface area contributed by atoms with Crippen LogP contribution >= 0.6 is 11.6 Å². The second-order valence-electron chi connectivity index (χ2n) is 6.40. The van der Waals surface area contributed by atoms with Crippen LogP contribution in [-0.4, -0.2) is 11.5 Å². The Kier molecular flexibility index (Phi) is 4.71. The summed E-state index contributed by atoms with van der Waals surface area (Å²) < 4.78 is 5.76. The molecule has 0 fully saturated rings. The fraction of sp³-hybridized carbons (Fsp3) is 0.562. The molecule has 0 saturated heterocycles. The summed E-state index contributed by atoms with van der Waals surface area (Å²) in [5, 5.41) is 0.677. The summed E-state index contributed by atoms with van der Waals surface area (Å²) in [5.41, 5.74) is 7.61. The zero-order chi connectivity index (χ0) is 14.8. The zero-order valence-corrected chi connectivity index (χ0v) is 13.2. The fourth-order valence-electron chi connectivity index (χ4n) is 2.56. The summed E-state index contributed by atoms with van der Waals surface area (Å²) in [6, 6.07) is 5.54. The number of rotatable bonds is 5. The van der Waals surface area contributed by atoms with Gasteiger partial charge in [0.25, 0.3) is 0 Å². The van der Waals surface area contributed by atoms with Gasteiger partial charge in [-0.25, -0.2) is 4.98 Å². The third-order valence-electron chi connectivity index (χ3n) is 3.84. The predicted octanol–water partition coefficient (Wildman–Crippen LogP) is 4.42. The van der Waals surface area contributed by atoms with Gasteiger partial charge in [-0.1, -0.05) is 32.4 Å². The summed E-state index contributed by atoms with van der Waals surface area (Å²) >= 11 is 5.95. The number of nitrogens with zero attached hydrogens (tertiary/aromatic N) is 1. The lowest BCUT2D eigenvalue weighted by atomic mass is 9.76. The molecule has 1 atom stereocenters. The molecule has 0 amide bonds. The maximum Gasteiger partial charge on any atom is 0.195 e. The molecule has 0 spiro atoms. The van der Waals surface area contributed by atoms with Crippen molar-refractivity contribution in [3.05, 3.63) is 29.1 Å². The molecule has 4 heteroatoms. The first-order valence-electron chi connectivity index (χ1n) is 7.15. The van der Waals surface area contributed by atoms with Crippen LogP contribution in [0.15, 0.2) is 22.6 Å². The Morgan fingerprint density at radius 2 is 2.05 bits per heavy atom. The van der Waals surface area contributed by atoms with E-state index >= 15 is 0 Å². The molecule has 0 radical (unpaired) electrons. The van der Waals surface area contributed by atoms with Gasteiger partial charge in [0.1, 0.15) is 5.52 Å². The van der Waals surface area contributed by atoms with E-state index in [0.717, 1.165) is 42.8 Å². The molecule has 1 aromatic carbocycles.